The van der Waals surface area contributed by atoms with E-state index in [4.69, 9.17) is 5.11 Å². The number of fused-ring (bicyclic) bond motifs is 1. The second-order valence-electron chi connectivity index (χ2n) is 4.87. The van der Waals surface area contributed by atoms with Crippen LogP contribution in [0.2, 0.25) is 0 Å². The third-order valence-electron chi connectivity index (χ3n) is 3.21. The first-order valence-electron chi connectivity index (χ1n) is 7.06. The molecule has 0 unspecified atom stereocenters. The summed E-state index contributed by atoms with van der Waals surface area (Å²) in [5, 5.41) is 11.2. The van der Waals surface area contributed by atoms with E-state index in [0.717, 1.165) is 0 Å². The van der Waals surface area contributed by atoms with Gasteiger partial charge in [-0.15, -0.1) is 0 Å². The minimum Gasteiger partial charge on any atom is -0.481 e. The van der Waals surface area contributed by atoms with Gasteiger partial charge in [0.15, 0.2) is 0 Å². The molecule has 0 radical (unpaired) electrons. The van der Waals surface area contributed by atoms with Crippen molar-refractivity contribution in [3.63, 3.8) is 0 Å². The van der Waals surface area contributed by atoms with Crippen molar-refractivity contribution < 1.29 is 14.7 Å². The number of carbonyl (C=O) groups excluding carboxylic acids is 1. The normalized spacial score (nSPS) is 10.5. The van der Waals surface area contributed by atoms with Gasteiger partial charge in [0.05, 0.1) is 0 Å². The number of nitrogens with zero attached hydrogens (tertiary/aromatic N) is 2. The first kappa shape index (κ1) is 15.7. The molecule has 0 aliphatic carbocycles. The minimum absolute atomic E-state index is 0.00534. The number of amides is 1. The molecule has 1 amide bonds. The fraction of sp³-hybridized carbons (Fsp3) is 0.333. The maximum atomic E-state index is 12.2. The Bertz CT molecular complexity index is 739. The number of pyridine rings is 1. The zero-order valence-electron chi connectivity index (χ0n) is 12.0. The van der Waals surface area contributed by atoms with Crippen molar-refractivity contribution in [1.82, 2.24) is 14.7 Å². The number of carboxylic acids is 1. The number of rotatable bonds is 7. The van der Waals surface area contributed by atoms with Gasteiger partial charge in [0.2, 0.25) is 0 Å². The lowest BCUT2D eigenvalue weighted by atomic mass is 10.2. The second-order valence-corrected chi connectivity index (χ2v) is 4.87. The number of carbonyl (C=O) groups is 2. The molecule has 0 aliphatic heterocycles. The van der Waals surface area contributed by atoms with Crippen LogP contribution in [0.5, 0.6) is 0 Å². The van der Waals surface area contributed by atoms with E-state index in [1.165, 1.54) is 10.6 Å². The number of aliphatic carboxylic acids is 1. The van der Waals surface area contributed by atoms with Crippen molar-refractivity contribution in [2.75, 3.05) is 6.54 Å². The first-order chi connectivity index (χ1) is 10.6. The number of unbranched alkanes of at least 4 members (excludes halogenated alkanes) is 2. The van der Waals surface area contributed by atoms with Gasteiger partial charge < -0.3 is 10.4 Å². The lowest BCUT2D eigenvalue weighted by molar-refractivity contribution is -0.137. The van der Waals surface area contributed by atoms with Gasteiger partial charge >= 0.3 is 5.97 Å². The van der Waals surface area contributed by atoms with Crippen LogP contribution in [0.25, 0.3) is 5.65 Å². The molecule has 2 rings (SSSR count). The lowest BCUT2D eigenvalue weighted by Gasteiger charge is -2.05. The van der Waals surface area contributed by atoms with E-state index in [0.29, 0.717) is 31.5 Å². The van der Waals surface area contributed by atoms with Crippen LogP contribution in [0, 0.1) is 0 Å². The predicted molar refractivity (Wildman–Crippen MR) is 79.9 cm³/mol. The van der Waals surface area contributed by atoms with E-state index < -0.39 is 17.4 Å². The van der Waals surface area contributed by atoms with Crippen LogP contribution in [0.3, 0.4) is 0 Å². The Hall–Kier alpha value is -2.70. The molecule has 2 aromatic heterocycles. The summed E-state index contributed by atoms with van der Waals surface area (Å²) in [5.74, 6) is -1.28. The van der Waals surface area contributed by atoms with Crippen LogP contribution in [0.15, 0.2) is 35.4 Å². The lowest BCUT2D eigenvalue weighted by Crippen LogP contribution is -2.32. The summed E-state index contributed by atoms with van der Waals surface area (Å²) in [4.78, 5) is 38.6. The van der Waals surface area contributed by atoms with Crippen LogP contribution >= 0.6 is 0 Å². The number of aromatic nitrogens is 2. The van der Waals surface area contributed by atoms with Crippen molar-refractivity contribution in [1.29, 1.82) is 0 Å². The second kappa shape index (κ2) is 7.35. The zero-order chi connectivity index (χ0) is 15.9. The predicted octanol–water partition coefficient (Wildman–Crippen LogP) is 1.07. The number of hydrogen-bond acceptors (Lipinski definition) is 4. The average Bonchev–Trinajstić information content (AvgIpc) is 2.51. The van der Waals surface area contributed by atoms with Gasteiger partial charge in [-0.2, -0.15) is 0 Å². The van der Waals surface area contributed by atoms with Gasteiger partial charge in [-0.05, 0) is 25.0 Å². The van der Waals surface area contributed by atoms with Crippen LogP contribution in [0.1, 0.15) is 36.0 Å². The SMILES string of the molecule is O=C(O)CCCCCNC(=O)c1cnc2ccccn2c1=O. The average molecular weight is 303 g/mol. The van der Waals surface area contributed by atoms with E-state index in [2.05, 4.69) is 10.3 Å². The molecule has 0 atom stereocenters. The standard InChI is InChI=1S/C15H17N3O4/c19-13(20)7-2-1-4-8-16-14(21)11-10-17-12-6-3-5-9-18(12)15(11)22/h3,5-6,9-10H,1-2,4,7-8H2,(H,16,21)(H,19,20). The van der Waals surface area contributed by atoms with E-state index in [-0.39, 0.29) is 12.0 Å². The van der Waals surface area contributed by atoms with Gasteiger partial charge in [-0.3, -0.25) is 18.8 Å². The molecular weight excluding hydrogens is 286 g/mol. The van der Waals surface area contributed by atoms with Gasteiger partial charge in [0, 0.05) is 25.4 Å². The van der Waals surface area contributed by atoms with Crippen LogP contribution in [-0.4, -0.2) is 32.9 Å². The Balaban J connectivity index is 1.92. The summed E-state index contributed by atoms with van der Waals surface area (Å²) >= 11 is 0. The topological polar surface area (TPSA) is 101 Å². The number of carboxylic acid groups (broad SMARTS) is 1. The smallest absolute Gasteiger partial charge is 0.303 e. The molecule has 2 heterocycles. The summed E-state index contributed by atoms with van der Waals surface area (Å²) in [6, 6.07) is 5.14. The van der Waals surface area contributed by atoms with E-state index in [1.54, 1.807) is 24.4 Å². The van der Waals surface area contributed by atoms with Gasteiger partial charge in [0.25, 0.3) is 11.5 Å². The molecule has 0 saturated heterocycles. The Kier molecular flexibility index (Phi) is 5.24. The Labute approximate surface area is 126 Å². The largest absolute Gasteiger partial charge is 0.481 e. The highest BCUT2D eigenvalue weighted by atomic mass is 16.4. The van der Waals surface area contributed by atoms with Gasteiger partial charge in [-0.1, -0.05) is 12.5 Å². The zero-order valence-corrected chi connectivity index (χ0v) is 12.0. The maximum Gasteiger partial charge on any atom is 0.303 e. The van der Waals surface area contributed by atoms with Crippen molar-refractivity contribution in [3.8, 4) is 0 Å². The fourth-order valence-electron chi connectivity index (χ4n) is 2.06. The summed E-state index contributed by atoms with van der Waals surface area (Å²) in [6.45, 7) is 0.398. The molecule has 7 nitrogen and oxygen atoms in total. The van der Waals surface area contributed by atoms with E-state index in [9.17, 15) is 14.4 Å². The monoisotopic (exact) mass is 303 g/mol. The molecule has 0 bridgehead atoms. The molecule has 0 aliphatic rings. The molecule has 0 saturated carbocycles. The summed E-state index contributed by atoms with van der Waals surface area (Å²) in [7, 11) is 0. The molecule has 0 spiro atoms. The molecule has 0 fully saturated rings. The molecule has 7 heteroatoms. The third-order valence-corrected chi connectivity index (χ3v) is 3.21. The molecule has 2 aromatic rings. The van der Waals surface area contributed by atoms with Crippen molar-refractivity contribution in [2.45, 2.75) is 25.7 Å². The van der Waals surface area contributed by atoms with Gasteiger partial charge in [0.1, 0.15) is 11.2 Å². The van der Waals surface area contributed by atoms with E-state index in [1.807, 2.05) is 0 Å². The third kappa shape index (κ3) is 3.91. The van der Waals surface area contributed by atoms with Gasteiger partial charge in [-0.25, -0.2) is 4.98 Å². The Morgan fingerprint density at radius 1 is 1.23 bits per heavy atom. The van der Waals surface area contributed by atoms with Crippen LogP contribution < -0.4 is 10.9 Å². The quantitative estimate of drug-likeness (QED) is 0.745. The summed E-state index contributed by atoms with van der Waals surface area (Å²) < 4.78 is 1.32. The number of hydrogen-bond donors (Lipinski definition) is 2. The Morgan fingerprint density at radius 2 is 2.05 bits per heavy atom. The van der Waals surface area contributed by atoms with Crippen LogP contribution in [-0.2, 0) is 4.79 Å². The van der Waals surface area contributed by atoms with E-state index >= 15 is 0 Å². The molecule has 2 N–H and O–H groups in total. The van der Waals surface area contributed by atoms with Crippen molar-refractivity contribution >= 4 is 17.5 Å². The Morgan fingerprint density at radius 3 is 2.82 bits per heavy atom. The van der Waals surface area contributed by atoms with Crippen molar-refractivity contribution in [3.05, 3.63) is 46.5 Å². The summed E-state index contributed by atoms with van der Waals surface area (Å²) in [6.07, 6.45) is 4.92. The molecule has 0 aromatic carbocycles. The van der Waals surface area contributed by atoms with Crippen molar-refractivity contribution in [2.24, 2.45) is 0 Å². The highest BCUT2D eigenvalue weighted by Gasteiger charge is 2.12. The van der Waals surface area contributed by atoms with Crippen LogP contribution in [0.4, 0.5) is 0 Å². The highest BCUT2D eigenvalue weighted by molar-refractivity contribution is 5.93. The molecular formula is C15H17N3O4. The fourth-order valence-corrected chi connectivity index (χ4v) is 2.06. The first-order valence-corrected chi connectivity index (χ1v) is 7.06. The molecule has 116 valence electrons. The molecule has 22 heavy (non-hydrogen) atoms. The summed E-state index contributed by atoms with van der Waals surface area (Å²) in [5.41, 5.74) is 0.0703. The maximum absolute atomic E-state index is 12.2. The minimum atomic E-state index is -0.820. The number of nitrogens with one attached hydrogen (secondary N) is 1. The highest BCUT2D eigenvalue weighted by Crippen LogP contribution is 2.00.